The van der Waals surface area contributed by atoms with E-state index in [-0.39, 0.29) is 0 Å². The van der Waals surface area contributed by atoms with Gasteiger partial charge in [-0.25, -0.2) is 0 Å². The zero-order chi connectivity index (χ0) is 12.7. The predicted octanol–water partition coefficient (Wildman–Crippen LogP) is 2.12. The van der Waals surface area contributed by atoms with Gasteiger partial charge in [0.2, 0.25) is 0 Å². The first-order valence-corrected chi connectivity index (χ1v) is 7.17. The summed E-state index contributed by atoms with van der Waals surface area (Å²) in [7, 11) is 2.24. The molecule has 0 aromatic carbocycles. The summed E-state index contributed by atoms with van der Waals surface area (Å²) in [6, 6.07) is 0.773. The van der Waals surface area contributed by atoms with Gasteiger partial charge in [0.15, 0.2) is 0 Å². The maximum absolute atomic E-state index is 5.61. The molecule has 0 radical (unpaired) electrons. The summed E-state index contributed by atoms with van der Waals surface area (Å²) in [6.07, 6.45) is 4.33. The van der Waals surface area contributed by atoms with Gasteiger partial charge < -0.3 is 15.0 Å². The second-order valence-electron chi connectivity index (χ2n) is 5.51. The molecule has 17 heavy (non-hydrogen) atoms. The number of rotatable bonds is 9. The minimum atomic E-state index is 0.354. The lowest BCUT2D eigenvalue weighted by molar-refractivity contribution is 0.0264. The molecular weight excluding hydrogens is 212 g/mol. The predicted molar refractivity (Wildman–Crippen MR) is 73.4 cm³/mol. The van der Waals surface area contributed by atoms with E-state index < -0.39 is 0 Å². The van der Waals surface area contributed by atoms with Crippen LogP contribution in [0.4, 0.5) is 0 Å². The van der Waals surface area contributed by atoms with Crippen LogP contribution in [0.2, 0.25) is 0 Å². The summed E-state index contributed by atoms with van der Waals surface area (Å²) in [6.45, 7) is 10.7. The third-order valence-corrected chi connectivity index (χ3v) is 3.67. The molecule has 1 saturated carbocycles. The molecule has 1 fully saturated rings. The van der Waals surface area contributed by atoms with E-state index in [1.807, 2.05) is 0 Å². The van der Waals surface area contributed by atoms with Gasteiger partial charge in [-0.1, -0.05) is 6.92 Å². The molecule has 0 bridgehead atoms. The lowest BCUT2D eigenvalue weighted by Crippen LogP contribution is -2.49. The summed E-state index contributed by atoms with van der Waals surface area (Å²) in [5.41, 5.74) is 0. The Bertz CT molecular complexity index is 197. The van der Waals surface area contributed by atoms with Crippen molar-refractivity contribution in [1.82, 2.24) is 10.2 Å². The van der Waals surface area contributed by atoms with Crippen molar-refractivity contribution in [2.75, 3.05) is 33.3 Å². The van der Waals surface area contributed by atoms with Crippen molar-refractivity contribution in [3.63, 3.8) is 0 Å². The molecule has 3 heteroatoms. The summed E-state index contributed by atoms with van der Waals surface area (Å²) in [4.78, 5) is 2.48. The summed E-state index contributed by atoms with van der Waals surface area (Å²) >= 11 is 0. The van der Waals surface area contributed by atoms with Crippen LogP contribution in [-0.4, -0.2) is 50.3 Å². The Kier molecular flexibility index (Phi) is 7.09. The number of hydrogen-bond donors (Lipinski definition) is 1. The molecule has 3 nitrogen and oxygen atoms in total. The van der Waals surface area contributed by atoms with Gasteiger partial charge in [0.1, 0.15) is 0 Å². The van der Waals surface area contributed by atoms with Gasteiger partial charge >= 0.3 is 0 Å². The number of nitrogens with zero attached hydrogens (tertiary/aromatic N) is 1. The monoisotopic (exact) mass is 242 g/mol. The van der Waals surface area contributed by atoms with E-state index in [4.69, 9.17) is 4.74 Å². The van der Waals surface area contributed by atoms with E-state index in [2.05, 4.69) is 38.0 Å². The Morgan fingerprint density at radius 1 is 1.35 bits per heavy atom. The Hall–Kier alpha value is -0.120. The first kappa shape index (κ1) is 14.9. The van der Waals surface area contributed by atoms with Crippen LogP contribution in [0.1, 0.15) is 40.0 Å². The Morgan fingerprint density at radius 2 is 2.12 bits per heavy atom. The SMILES string of the molecule is CCCNCC1CCC1N(C)CCOC(C)C. The zero-order valence-electron chi connectivity index (χ0n) is 12.0. The van der Waals surface area contributed by atoms with Crippen molar-refractivity contribution in [3.05, 3.63) is 0 Å². The van der Waals surface area contributed by atoms with Crippen LogP contribution in [0.25, 0.3) is 0 Å². The van der Waals surface area contributed by atoms with E-state index in [0.717, 1.165) is 31.7 Å². The highest BCUT2D eigenvalue weighted by molar-refractivity contribution is 4.88. The van der Waals surface area contributed by atoms with Crippen LogP contribution in [0.15, 0.2) is 0 Å². The van der Waals surface area contributed by atoms with Crippen LogP contribution >= 0.6 is 0 Å². The Balaban J connectivity index is 2.11. The molecule has 0 saturated heterocycles. The lowest BCUT2D eigenvalue weighted by Gasteiger charge is -2.43. The van der Waals surface area contributed by atoms with Gasteiger partial charge in [-0.15, -0.1) is 0 Å². The summed E-state index contributed by atoms with van der Waals surface area (Å²) in [5.74, 6) is 0.852. The average molecular weight is 242 g/mol. The molecule has 1 N–H and O–H groups in total. The van der Waals surface area contributed by atoms with Crippen LogP contribution in [0.5, 0.6) is 0 Å². The highest BCUT2D eigenvalue weighted by Gasteiger charge is 2.32. The van der Waals surface area contributed by atoms with Gasteiger partial charge in [0.25, 0.3) is 0 Å². The van der Waals surface area contributed by atoms with E-state index in [1.165, 1.54) is 25.8 Å². The molecular formula is C14H30N2O. The summed E-state index contributed by atoms with van der Waals surface area (Å²) in [5, 5.41) is 3.54. The van der Waals surface area contributed by atoms with Crippen LogP contribution < -0.4 is 5.32 Å². The third-order valence-electron chi connectivity index (χ3n) is 3.67. The van der Waals surface area contributed by atoms with Crippen LogP contribution in [-0.2, 0) is 4.74 Å². The molecule has 0 aliphatic heterocycles. The van der Waals surface area contributed by atoms with Gasteiger partial charge in [-0.05, 0) is 59.2 Å². The average Bonchev–Trinajstić information content (AvgIpc) is 2.22. The molecule has 1 rings (SSSR count). The molecule has 1 aliphatic rings. The summed E-state index contributed by atoms with van der Waals surface area (Å²) < 4.78 is 5.61. The fourth-order valence-electron chi connectivity index (χ4n) is 2.43. The minimum absolute atomic E-state index is 0.354. The smallest absolute Gasteiger partial charge is 0.0596 e. The van der Waals surface area contributed by atoms with Crippen molar-refractivity contribution >= 4 is 0 Å². The van der Waals surface area contributed by atoms with Crippen molar-refractivity contribution < 1.29 is 4.74 Å². The molecule has 102 valence electrons. The largest absolute Gasteiger partial charge is 0.377 e. The minimum Gasteiger partial charge on any atom is -0.377 e. The first-order valence-electron chi connectivity index (χ1n) is 7.17. The third kappa shape index (κ3) is 5.36. The molecule has 2 unspecified atom stereocenters. The van der Waals surface area contributed by atoms with Crippen molar-refractivity contribution in [2.45, 2.75) is 52.2 Å². The number of likely N-dealkylation sites (N-methyl/N-ethyl adjacent to an activating group) is 1. The van der Waals surface area contributed by atoms with Gasteiger partial charge in [-0.3, -0.25) is 0 Å². The van der Waals surface area contributed by atoms with Crippen molar-refractivity contribution in [1.29, 1.82) is 0 Å². The molecule has 0 aromatic heterocycles. The lowest BCUT2D eigenvalue weighted by atomic mass is 9.78. The molecule has 0 heterocycles. The normalized spacial score (nSPS) is 24.4. The highest BCUT2D eigenvalue weighted by atomic mass is 16.5. The van der Waals surface area contributed by atoms with Crippen molar-refractivity contribution in [2.24, 2.45) is 5.92 Å². The molecule has 0 spiro atoms. The standard InChI is InChI=1S/C14H30N2O/c1-5-8-15-11-13-6-7-14(13)16(4)9-10-17-12(2)3/h12-15H,5-11H2,1-4H3. The Labute approximate surface area is 107 Å². The zero-order valence-corrected chi connectivity index (χ0v) is 12.0. The fourth-order valence-corrected chi connectivity index (χ4v) is 2.43. The van der Waals surface area contributed by atoms with E-state index in [0.29, 0.717) is 6.10 Å². The first-order chi connectivity index (χ1) is 8.15. The molecule has 0 amide bonds. The quantitative estimate of drug-likeness (QED) is 0.627. The number of nitrogens with one attached hydrogen (secondary N) is 1. The van der Waals surface area contributed by atoms with E-state index in [9.17, 15) is 0 Å². The number of ether oxygens (including phenoxy) is 1. The second kappa shape index (κ2) is 8.06. The van der Waals surface area contributed by atoms with E-state index in [1.54, 1.807) is 0 Å². The fraction of sp³-hybridized carbons (Fsp3) is 1.00. The van der Waals surface area contributed by atoms with Crippen LogP contribution in [0, 0.1) is 5.92 Å². The molecule has 0 aromatic rings. The van der Waals surface area contributed by atoms with Gasteiger partial charge in [0, 0.05) is 12.6 Å². The van der Waals surface area contributed by atoms with Crippen LogP contribution in [0.3, 0.4) is 0 Å². The van der Waals surface area contributed by atoms with Gasteiger partial charge in [0.05, 0.1) is 12.7 Å². The maximum atomic E-state index is 5.61. The number of hydrogen-bond acceptors (Lipinski definition) is 3. The maximum Gasteiger partial charge on any atom is 0.0596 e. The molecule has 2 atom stereocenters. The van der Waals surface area contributed by atoms with Crippen molar-refractivity contribution in [3.8, 4) is 0 Å². The topological polar surface area (TPSA) is 24.5 Å². The molecule has 1 aliphatic carbocycles. The van der Waals surface area contributed by atoms with Gasteiger partial charge in [-0.2, -0.15) is 0 Å². The highest BCUT2D eigenvalue weighted by Crippen LogP contribution is 2.30. The Morgan fingerprint density at radius 3 is 2.65 bits per heavy atom. The van der Waals surface area contributed by atoms with E-state index >= 15 is 0 Å². The second-order valence-corrected chi connectivity index (χ2v) is 5.51.